The predicted octanol–water partition coefficient (Wildman–Crippen LogP) is 0.341. The monoisotopic (exact) mass is 247 g/mol. The van der Waals surface area contributed by atoms with Crippen LogP contribution >= 0.6 is 0 Å². The highest BCUT2D eigenvalue weighted by Crippen LogP contribution is 2.29. The molecule has 1 aromatic heterocycles. The van der Waals surface area contributed by atoms with E-state index in [9.17, 15) is 9.59 Å². The molecule has 1 aliphatic carbocycles. The fourth-order valence-electron chi connectivity index (χ4n) is 2.53. The molecular weight excluding hydrogens is 230 g/mol. The summed E-state index contributed by atoms with van der Waals surface area (Å²) < 4.78 is 0. The molecule has 1 unspecified atom stereocenters. The van der Waals surface area contributed by atoms with Crippen molar-refractivity contribution in [1.82, 2.24) is 15.2 Å². The van der Waals surface area contributed by atoms with Crippen LogP contribution in [-0.4, -0.2) is 41.0 Å². The molecule has 0 aromatic carbocycles. The van der Waals surface area contributed by atoms with Crippen molar-refractivity contribution in [3.63, 3.8) is 0 Å². The van der Waals surface area contributed by atoms with Crippen molar-refractivity contribution in [3.05, 3.63) is 34.2 Å². The van der Waals surface area contributed by atoms with Gasteiger partial charge in [-0.3, -0.25) is 14.5 Å². The Hall–Kier alpha value is -1.62. The molecule has 5 heteroatoms. The van der Waals surface area contributed by atoms with Gasteiger partial charge in [0.05, 0.1) is 0 Å². The van der Waals surface area contributed by atoms with Crippen LogP contribution < -0.4 is 10.9 Å². The maximum Gasteiger partial charge on any atom is 0.251 e. The fourth-order valence-corrected chi connectivity index (χ4v) is 2.53. The van der Waals surface area contributed by atoms with E-state index in [4.69, 9.17) is 0 Å². The third-order valence-electron chi connectivity index (χ3n) is 3.66. The lowest BCUT2D eigenvalue weighted by atomic mass is 10.2. The maximum absolute atomic E-state index is 12.0. The lowest BCUT2D eigenvalue weighted by molar-refractivity contribution is 0.0937. The van der Waals surface area contributed by atoms with Crippen molar-refractivity contribution >= 4 is 5.91 Å². The number of aromatic amines is 1. The molecule has 3 rings (SSSR count). The molecule has 1 saturated carbocycles. The van der Waals surface area contributed by atoms with Crippen LogP contribution in [0.5, 0.6) is 0 Å². The van der Waals surface area contributed by atoms with E-state index < -0.39 is 0 Å². The van der Waals surface area contributed by atoms with E-state index in [0.717, 1.165) is 25.6 Å². The molecule has 96 valence electrons. The number of amides is 1. The molecule has 5 nitrogen and oxygen atoms in total. The molecule has 1 atom stereocenters. The third kappa shape index (κ3) is 2.46. The minimum Gasteiger partial charge on any atom is -0.348 e. The summed E-state index contributed by atoms with van der Waals surface area (Å²) in [5.74, 6) is -0.149. The molecule has 2 fully saturated rings. The lowest BCUT2D eigenvalue weighted by Gasteiger charge is -2.15. The molecule has 1 saturated heterocycles. The second-order valence-electron chi connectivity index (χ2n) is 5.13. The second kappa shape index (κ2) is 4.57. The van der Waals surface area contributed by atoms with E-state index in [1.54, 1.807) is 6.07 Å². The number of rotatable bonds is 3. The van der Waals surface area contributed by atoms with Crippen molar-refractivity contribution < 1.29 is 4.79 Å². The maximum atomic E-state index is 12.0. The van der Waals surface area contributed by atoms with Gasteiger partial charge in [0.1, 0.15) is 0 Å². The molecule has 2 N–H and O–H groups in total. The van der Waals surface area contributed by atoms with Gasteiger partial charge in [-0.05, 0) is 25.3 Å². The second-order valence-corrected chi connectivity index (χ2v) is 5.13. The predicted molar refractivity (Wildman–Crippen MR) is 67.5 cm³/mol. The highest BCUT2D eigenvalue weighted by molar-refractivity contribution is 5.94. The van der Waals surface area contributed by atoms with Crippen LogP contribution in [-0.2, 0) is 0 Å². The molecular formula is C13H17N3O2. The Kier molecular flexibility index (Phi) is 2.91. The van der Waals surface area contributed by atoms with E-state index in [2.05, 4.69) is 15.2 Å². The summed E-state index contributed by atoms with van der Waals surface area (Å²) in [4.78, 5) is 28.1. The number of carbonyl (C=O) groups is 1. The molecule has 0 spiro atoms. The van der Waals surface area contributed by atoms with Crippen LogP contribution in [0, 0.1) is 0 Å². The van der Waals surface area contributed by atoms with E-state index >= 15 is 0 Å². The summed E-state index contributed by atoms with van der Waals surface area (Å²) in [5.41, 5.74) is 0.192. The first-order valence-corrected chi connectivity index (χ1v) is 6.46. The van der Waals surface area contributed by atoms with Gasteiger partial charge in [-0.2, -0.15) is 0 Å². The molecule has 18 heavy (non-hydrogen) atoms. The molecule has 1 aromatic rings. The van der Waals surface area contributed by atoms with Gasteiger partial charge in [-0.25, -0.2) is 0 Å². The average molecular weight is 247 g/mol. The van der Waals surface area contributed by atoms with Crippen molar-refractivity contribution in [3.8, 4) is 0 Å². The Morgan fingerprint density at radius 1 is 1.39 bits per heavy atom. The zero-order chi connectivity index (χ0) is 12.5. The lowest BCUT2D eigenvalue weighted by Crippen LogP contribution is -2.37. The summed E-state index contributed by atoms with van der Waals surface area (Å²) in [7, 11) is 0. The van der Waals surface area contributed by atoms with E-state index in [-0.39, 0.29) is 17.5 Å². The van der Waals surface area contributed by atoms with Gasteiger partial charge in [0.25, 0.3) is 5.91 Å². The summed E-state index contributed by atoms with van der Waals surface area (Å²) >= 11 is 0. The van der Waals surface area contributed by atoms with Gasteiger partial charge >= 0.3 is 0 Å². The number of H-pyrrole nitrogens is 1. The number of nitrogens with one attached hydrogen (secondary N) is 2. The molecule has 0 bridgehead atoms. The van der Waals surface area contributed by atoms with Crippen LogP contribution in [0.1, 0.15) is 29.6 Å². The zero-order valence-electron chi connectivity index (χ0n) is 10.2. The Bertz CT molecular complexity index is 507. The summed E-state index contributed by atoms with van der Waals surface area (Å²) in [6.07, 6.45) is 5.11. The minimum atomic E-state index is -0.242. The highest BCUT2D eigenvalue weighted by Gasteiger charge is 2.34. The van der Waals surface area contributed by atoms with Crippen LogP contribution in [0.15, 0.2) is 23.1 Å². The van der Waals surface area contributed by atoms with E-state index in [0.29, 0.717) is 5.56 Å². The van der Waals surface area contributed by atoms with Crippen molar-refractivity contribution in [1.29, 1.82) is 0 Å². The van der Waals surface area contributed by atoms with E-state index in [1.807, 2.05) is 0 Å². The standard InChI is InChI=1S/C13H17N3O2/c17-12-7-9(3-5-14-12)13(18)15-10-4-6-16(8-10)11-1-2-11/h3,5,7,10-11H,1-2,4,6,8H2,(H,14,17)(H,15,18). The topological polar surface area (TPSA) is 65.2 Å². The van der Waals surface area contributed by atoms with E-state index in [1.165, 1.54) is 25.1 Å². The Balaban J connectivity index is 1.59. The highest BCUT2D eigenvalue weighted by atomic mass is 16.2. The van der Waals surface area contributed by atoms with Gasteiger partial charge in [-0.1, -0.05) is 0 Å². The van der Waals surface area contributed by atoms with Gasteiger partial charge in [0, 0.05) is 43.0 Å². The summed E-state index contributed by atoms with van der Waals surface area (Å²) in [6.45, 7) is 2.02. The van der Waals surface area contributed by atoms with Gasteiger partial charge in [0.15, 0.2) is 0 Å². The molecule has 2 heterocycles. The van der Waals surface area contributed by atoms with Crippen molar-refractivity contribution in [2.75, 3.05) is 13.1 Å². The largest absolute Gasteiger partial charge is 0.348 e. The number of hydrogen-bond donors (Lipinski definition) is 2. The van der Waals surface area contributed by atoms with Crippen LogP contribution in [0.3, 0.4) is 0 Å². The quantitative estimate of drug-likeness (QED) is 0.809. The van der Waals surface area contributed by atoms with Crippen molar-refractivity contribution in [2.45, 2.75) is 31.3 Å². The molecule has 1 aliphatic heterocycles. The molecule has 0 radical (unpaired) electrons. The number of pyridine rings is 1. The number of likely N-dealkylation sites (tertiary alicyclic amines) is 1. The molecule has 1 amide bonds. The first-order valence-electron chi connectivity index (χ1n) is 6.46. The average Bonchev–Trinajstić information content (AvgIpc) is 3.11. The molecule has 2 aliphatic rings. The zero-order valence-corrected chi connectivity index (χ0v) is 10.2. The Morgan fingerprint density at radius 3 is 2.94 bits per heavy atom. The number of hydrogen-bond acceptors (Lipinski definition) is 3. The SMILES string of the molecule is O=C(NC1CCN(C2CC2)C1)c1cc[nH]c(=O)c1. The van der Waals surface area contributed by atoms with Crippen LogP contribution in [0.25, 0.3) is 0 Å². The third-order valence-corrected chi connectivity index (χ3v) is 3.66. The van der Waals surface area contributed by atoms with Gasteiger partial charge < -0.3 is 10.3 Å². The Labute approximate surface area is 105 Å². The Morgan fingerprint density at radius 2 is 2.22 bits per heavy atom. The fraction of sp³-hybridized carbons (Fsp3) is 0.538. The minimum absolute atomic E-state index is 0.149. The van der Waals surface area contributed by atoms with Crippen LogP contribution in [0.4, 0.5) is 0 Å². The number of nitrogens with zero attached hydrogens (tertiary/aromatic N) is 1. The van der Waals surface area contributed by atoms with Crippen LogP contribution in [0.2, 0.25) is 0 Å². The first kappa shape index (κ1) is 11.5. The van der Waals surface area contributed by atoms with Gasteiger partial charge in [0.2, 0.25) is 5.56 Å². The number of carbonyl (C=O) groups excluding carboxylic acids is 1. The number of aromatic nitrogens is 1. The normalized spacial score (nSPS) is 24.1. The first-order chi connectivity index (χ1) is 8.72. The smallest absolute Gasteiger partial charge is 0.251 e. The van der Waals surface area contributed by atoms with Gasteiger partial charge in [-0.15, -0.1) is 0 Å². The van der Waals surface area contributed by atoms with Crippen molar-refractivity contribution in [2.24, 2.45) is 0 Å². The summed E-state index contributed by atoms with van der Waals surface area (Å²) in [6, 6.07) is 3.94. The summed E-state index contributed by atoms with van der Waals surface area (Å²) in [5, 5.41) is 3.00.